The highest BCUT2D eigenvalue weighted by atomic mass is 35.5. The lowest BCUT2D eigenvalue weighted by Crippen LogP contribution is -2.11. The van der Waals surface area contributed by atoms with Crippen molar-refractivity contribution in [2.75, 3.05) is 19.0 Å². The van der Waals surface area contributed by atoms with Gasteiger partial charge in [-0.05, 0) is 18.2 Å². The van der Waals surface area contributed by atoms with Gasteiger partial charge in [0.05, 0.1) is 21.3 Å². The summed E-state index contributed by atoms with van der Waals surface area (Å²) in [7, 11) is 3.75. The molecule has 0 aromatic carbocycles. The number of anilines is 1. The number of carbonyl (C=O) groups excluding carboxylic acids is 1. The fourth-order valence-corrected chi connectivity index (χ4v) is 2.67. The molecule has 8 heteroatoms. The molecule has 0 aliphatic rings. The zero-order chi connectivity index (χ0) is 17.3. The van der Waals surface area contributed by atoms with Gasteiger partial charge in [-0.3, -0.25) is 0 Å². The van der Waals surface area contributed by atoms with Crippen LogP contribution in [0.25, 0.3) is 5.65 Å². The third kappa shape index (κ3) is 3.44. The number of esters is 1. The molecule has 0 unspecified atom stereocenters. The zero-order valence-corrected chi connectivity index (χ0v) is 14.5. The summed E-state index contributed by atoms with van der Waals surface area (Å²) in [4.78, 5) is 22.4. The monoisotopic (exact) mass is 364 g/mol. The largest absolute Gasteiger partial charge is 0.455 e. The predicted molar refractivity (Wildman–Crippen MR) is 92.9 cm³/mol. The highest BCUT2D eigenvalue weighted by molar-refractivity contribution is 6.36. The number of hydrogen-bond acceptors (Lipinski definition) is 5. The van der Waals surface area contributed by atoms with Crippen molar-refractivity contribution in [2.24, 2.45) is 0 Å². The van der Waals surface area contributed by atoms with Crippen LogP contribution in [-0.2, 0) is 11.3 Å². The van der Waals surface area contributed by atoms with Crippen molar-refractivity contribution in [3.05, 3.63) is 58.1 Å². The molecule has 124 valence electrons. The first-order chi connectivity index (χ1) is 11.4. The maximum Gasteiger partial charge on any atom is 0.340 e. The smallest absolute Gasteiger partial charge is 0.340 e. The summed E-state index contributed by atoms with van der Waals surface area (Å²) in [6, 6.07) is 5.04. The number of nitrogens with zero attached hydrogens (tertiary/aromatic N) is 4. The Kier molecular flexibility index (Phi) is 4.59. The van der Waals surface area contributed by atoms with E-state index in [1.807, 2.05) is 19.0 Å². The van der Waals surface area contributed by atoms with E-state index in [0.29, 0.717) is 26.9 Å². The van der Waals surface area contributed by atoms with E-state index in [9.17, 15) is 4.79 Å². The highest BCUT2D eigenvalue weighted by Gasteiger charge is 2.11. The van der Waals surface area contributed by atoms with Crippen LogP contribution in [-0.4, -0.2) is 34.4 Å². The molecule has 3 rings (SSSR count). The first-order valence-corrected chi connectivity index (χ1v) is 7.83. The van der Waals surface area contributed by atoms with Gasteiger partial charge < -0.3 is 14.0 Å². The maximum atomic E-state index is 12.1. The number of imidazole rings is 1. The molecule has 24 heavy (non-hydrogen) atoms. The summed E-state index contributed by atoms with van der Waals surface area (Å²) < 4.78 is 6.97. The van der Waals surface area contributed by atoms with Crippen LogP contribution in [0.3, 0.4) is 0 Å². The lowest BCUT2D eigenvalue weighted by atomic mass is 10.3. The molecule has 0 fully saturated rings. The zero-order valence-electron chi connectivity index (χ0n) is 13.0. The Morgan fingerprint density at radius 2 is 2.08 bits per heavy atom. The van der Waals surface area contributed by atoms with E-state index in [1.165, 1.54) is 6.20 Å². The van der Waals surface area contributed by atoms with Crippen LogP contribution in [0.4, 0.5) is 5.82 Å². The van der Waals surface area contributed by atoms with Crippen molar-refractivity contribution in [1.82, 2.24) is 14.4 Å². The molecular weight excluding hydrogens is 351 g/mol. The Morgan fingerprint density at radius 3 is 2.75 bits per heavy atom. The Bertz CT molecular complexity index is 891. The van der Waals surface area contributed by atoms with E-state index in [4.69, 9.17) is 27.9 Å². The van der Waals surface area contributed by atoms with Gasteiger partial charge in [0.1, 0.15) is 12.4 Å². The summed E-state index contributed by atoms with van der Waals surface area (Å²) in [6.07, 6.45) is 4.89. The average molecular weight is 365 g/mol. The van der Waals surface area contributed by atoms with Gasteiger partial charge in [-0.15, -0.1) is 0 Å². The molecule has 0 spiro atoms. The summed E-state index contributed by atoms with van der Waals surface area (Å²) in [5, 5.41) is 0.934. The van der Waals surface area contributed by atoms with Crippen LogP contribution in [0.2, 0.25) is 10.0 Å². The molecule has 0 aliphatic heterocycles. The Labute approximate surface area is 148 Å². The summed E-state index contributed by atoms with van der Waals surface area (Å²) in [5.41, 5.74) is 1.51. The van der Waals surface area contributed by atoms with Crippen molar-refractivity contribution in [1.29, 1.82) is 0 Å². The first kappa shape index (κ1) is 16.5. The van der Waals surface area contributed by atoms with Gasteiger partial charge in [-0.1, -0.05) is 23.2 Å². The number of hydrogen-bond donors (Lipinski definition) is 0. The fraction of sp³-hybridized carbons (Fsp3) is 0.188. The normalized spacial score (nSPS) is 10.8. The Balaban J connectivity index is 1.71. The maximum absolute atomic E-state index is 12.1. The fourth-order valence-electron chi connectivity index (χ4n) is 2.14. The lowest BCUT2D eigenvalue weighted by Gasteiger charge is -2.10. The minimum absolute atomic E-state index is 0.0316. The van der Waals surface area contributed by atoms with E-state index in [-0.39, 0.29) is 6.61 Å². The van der Waals surface area contributed by atoms with Crippen molar-refractivity contribution in [3.8, 4) is 0 Å². The van der Waals surface area contributed by atoms with E-state index >= 15 is 0 Å². The second-order valence-corrected chi connectivity index (χ2v) is 6.19. The molecule has 3 aromatic rings. The molecule has 0 saturated heterocycles. The van der Waals surface area contributed by atoms with Gasteiger partial charge in [-0.2, -0.15) is 0 Å². The Morgan fingerprint density at radius 1 is 1.29 bits per heavy atom. The van der Waals surface area contributed by atoms with Crippen LogP contribution in [0.5, 0.6) is 0 Å². The number of rotatable bonds is 4. The average Bonchev–Trinajstić information content (AvgIpc) is 2.96. The Hall–Kier alpha value is -2.31. The predicted octanol–water partition coefficient (Wildman–Crippen LogP) is 3.46. The van der Waals surface area contributed by atoms with E-state index in [1.54, 1.807) is 35.0 Å². The highest BCUT2D eigenvalue weighted by Crippen LogP contribution is 2.22. The summed E-state index contributed by atoms with van der Waals surface area (Å²) in [5.74, 6) is 0.299. The number of pyridine rings is 2. The van der Waals surface area contributed by atoms with Crippen LogP contribution in [0, 0.1) is 0 Å². The molecule has 0 amide bonds. The summed E-state index contributed by atoms with van der Waals surface area (Å²) >= 11 is 12.0. The van der Waals surface area contributed by atoms with Crippen LogP contribution in [0.1, 0.15) is 16.1 Å². The third-order valence-electron chi connectivity index (χ3n) is 3.32. The van der Waals surface area contributed by atoms with Gasteiger partial charge in [0.15, 0.2) is 5.65 Å². The summed E-state index contributed by atoms with van der Waals surface area (Å²) in [6.45, 7) is 0.0316. The lowest BCUT2D eigenvalue weighted by molar-refractivity contribution is 0.0468. The molecule has 0 radical (unpaired) electrons. The first-order valence-electron chi connectivity index (χ1n) is 7.07. The number of fused-ring (bicyclic) bond motifs is 1. The van der Waals surface area contributed by atoms with E-state index in [2.05, 4.69) is 9.97 Å². The standard InChI is InChI=1S/C16H14Cl2N4O2/c1-21(2)14-4-3-10(6-19-14)16(23)24-9-12-8-22-7-11(17)5-13(18)15(22)20-12/h3-8H,9H2,1-2H3. The van der Waals surface area contributed by atoms with Crippen LogP contribution < -0.4 is 4.90 Å². The molecule has 3 heterocycles. The third-order valence-corrected chi connectivity index (χ3v) is 3.80. The van der Waals surface area contributed by atoms with Gasteiger partial charge >= 0.3 is 5.97 Å². The SMILES string of the molecule is CN(C)c1ccc(C(=O)OCc2cn3cc(Cl)cc(Cl)c3n2)cn1. The van der Waals surface area contributed by atoms with Crippen molar-refractivity contribution >= 4 is 40.6 Å². The topological polar surface area (TPSA) is 59.7 Å². The second kappa shape index (κ2) is 6.67. The van der Waals surface area contributed by atoms with E-state index in [0.717, 1.165) is 5.82 Å². The number of ether oxygens (including phenoxy) is 1. The van der Waals surface area contributed by atoms with Gasteiger partial charge in [-0.25, -0.2) is 14.8 Å². The van der Waals surface area contributed by atoms with Gasteiger partial charge in [0, 0.05) is 32.7 Å². The number of carbonyl (C=O) groups is 1. The number of halogens is 2. The molecule has 0 atom stereocenters. The van der Waals surface area contributed by atoms with Crippen molar-refractivity contribution in [3.63, 3.8) is 0 Å². The molecule has 0 N–H and O–H groups in total. The molecule has 3 aromatic heterocycles. The van der Waals surface area contributed by atoms with E-state index < -0.39 is 5.97 Å². The van der Waals surface area contributed by atoms with Crippen LogP contribution in [0.15, 0.2) is 36.8 Å². The molecule has 0 aliphatic carbocycles. The van der Waals surface area contributed by atoms with Gasteiger partial charge in [0.25, 0.3) is 0 Å². The molecule has 0 bridgehead atoms. The van der Waals surface area contributed by atoms with Crippen molar-refractivity contribution < 1.29 is 9.53 Å². The molecule has 6 nitrogen and oxygen atoms in total. The molecule has 0 saturated carbocycles. The minimum Gasteiger partial charge on any atom is -0.455 e. The van der Waals surface area contributed by atoms with Gasteiger partial charge in [0.2, 0.25) is 0 Å². The number of aromatic nitrogens is 3. The second-order valence-electron chi connectivity index (χ2n) is 5.35. The minimum atomic E-state index is -0.464. The van der Waals surface area contributed by atoms with Crippen LogP contribution >= 0.6 is 23.2 Å². The molecular formula is C16H14Cl2N4O2. The van der Waals surface area contributed by atoms with Crippen molar-refractivity contribution in [2.45, 2.75) is 6.61 Å². The quantitative estimate of drug-likeness (QED) is 0.663.